The summed E-state index contributed by atoms with van der Waals surface area (Å²) in [7, 11) is 1.46. The Morgan fingerprint density at radius 1 is 1.47 bits per heavy atom. The first kappa shape index (κ1) is 13.2. The molecular weight excluding hydrogens is 246 g/mol. The number of nitrogen functional groups attached to an aromatic ring is 1. The van der Waals surface area contributed by atoms with Crippen LogP contribution in [0, 0.1) is 0 Å². The van der Waals surface area contributed by atoms with Gasteiger partial charge in [0, 0.05) is 12.7 Å². The normalized spacial score (nSPS) is 15.6. The summed E-state index contributed by atoms with van der Waals surface area (Å²) in [5.74, 6) is -1.04. The standard InChI is InChI=1S/C13H17N3O3/c1-16(8-11(17)18)12(19)15-13(5-6-13)9-3-2-4-10(14)7-9/h2-4,7H,5-6,8,14H2,1H3,(H,15,19)(H,17,18). The maximum Gasteiger partial charge on any atom is 0.323 e. The second kappa shape index (κ2) is 4.79. The van der Waals surface area contributed by atoms with Crippen molar-refractivity contribution in [2.75, 3.05) is 19.3 Å². The number of hydrogen-bond acceptors (Lipinski definition) is 3. The molecule has 1 aromatic carbocycles. The van der Waals surface area contributed by atoms with E-state index in [1.54, 1.807) is 6.07 Å². The van der Waals surface area contributed by atoms with E-state index in [-0.39, 0.29) is 18.1 Å². The molecule has 6 nitrogen and oxygen atoms in total. The molecule has 1 aliphatic carbocycles. The fourth-order valence-corrected chi connectivity index (χ4v) is 2.02. The molecule has 0 radical (unpaired) electrons. The number of rotatable bonds is 4. The van der Waals surface area contributed by atoms with Crippen LogP contribution in [-0.2, 0) is 10.3 Å². The number of likely N-dealkylation sites (N-methyl/N-ethyl adjacent to an activating group) is 1. The molecule has 2 rings (SSSR count). The average Bonchev–Trinajstić information content (AvgIpc) is 3.09. The Kier molecular flexibility index (Phi) is 3.33. The van der Waals surface area contributed by atoms with Crippen LogP contribution in [-0.4, -0.2) is 35.6 Å². The maximum absolute atomic E-state index is 11.9. The lowest BCUT2D eigenvalue weighted by Crippen LogP contribution is -2.45. The largest absolute Gasteiger partial charge is 0.480 e. The second-order valence-corrected chi connectivity index (χ2v) is 4.89. The Hall–Kier alpha value is -2.24. The van der Waals surface area contributed by atoms with E-state index in [9.17, 15) is 9.59 Å². The van der Waals surface area contributed by atoms with Crippen LogP contribution in [0.4, 0.5) is 10.5 Å². The number of aliphatic carboxylic acids is 1. The smallest absolute Gasteiger partial charge is 0.323 e. The second-order valence-electron chi connectivity index (χ2n) is 4.89. The lowest BCUT2D eigenvalue weighted by Gasteiger charge is -2.22. The van der Waals surface area contributed by atoms with Crippen LogP contribution in [0.2, 0.25) is 0 Å². The number of carboxylic acid groups (broad SMARTS) is 1. The fourth-order valence-electron chi connectivity index (χ4n) is 2.02. The third-order valence-corrected chi connectivity index (χ3v) is 3.25. The van der Waals surface area contributed by atoms with Crippen LogP contribution >= 0.6 is 0 Å². The summed E-state index contributed by atoms with van der Waals surface area (Å²) in [5, 5.41) is 11.5. The van der Waals surface area contributed by atoms with Crippen LogP contribution in [0.15, 0.2) is 24.3 Å². The molecule has 1 aromatic rings. The van der Waals surface area contributed by atoms with Crippen molar-refractivity contribution < 1.29 is 14.7 Å². The fraction of sp³-hybridized carbons (Fsp3) is 0.385. The molecule has 102 valence electrons. The molecule has 0 bridgehead atoms. The van der Waals surface area contributed by atoms with Gasteiger partial charge in [0.15, 0.2) is 0 Å². The quantitative estimate of drug-likeness (QED) is 0.706. The Balaban J connectivity index is 2.06. The molecule has 0 spiro atoms. The summed E-state index contributed by atoms with van der Waals surface area (Å²) in [4.78, 5) is 23.6. The van der Waals surface area contributed by atoms with Crippen LogP contribution < -0.4 is 11.1 Å². The molecule has 4 N–H and O–H groups in total. The zero-order valence-electron chi connectivity index (χ0n) is 10.7. The summed E-state index contributed by atoms with van der Waals surface area (Å²) in [6.45, 7) is -0.321. The number of hydrogen-bond donors (Lipinski definition) is 3. The first-order valence-corrected chi connectivity index (χ1v) is 6.04. The highest BCUT2D eigenvalue weighted by Gasteiger charge is 2.46. The van der Waals surface area contributed by atoms with E-state index < -0.39 is 5.97 Å². The third-order valence-electron chi connectivity index (χ3n) is 3.25. The highest BCUT2D eigenvalue weighted by Crippen LogP contribution is 2.45. The number of benzene rings is 1. The van der Waals surface area contributed by atoms with Gasteiger partial charge in [-0.05, 0) is 30.5 Å². The van der Waals surface area contributed by atoms with Crippen LogP contribution in [0.1, 0.15) is 18.4 Å². The van der Waals surface area contributed by atoms with Crippen LogP contribution in [0.5, 0.6) is 0 Å². The van der Waals surface area contributed by atoms with Crippen molar-refractivity contribution in [2.45, 2.75) is 18.4 Å². The van der Waals surface area contributed by atoms with Gasteiger partial charge in [0.05, 0.1) is 5.54 Å². The van der Waals surface area contributed by atoms with Gasteiger partial charge >= 0.3 is 12.0 Å². The van der Waals surface area contributed by atoms with Crippen LogP contribution in [0.25, 0.3) is 0 Å². The number of carbonyl (C=O) groups excluding carboxylic acids is 1. The predicted molar refractivity (Wildman–Crippen MR) is 70.6 cm³/mol. The average molecular weight is 263 g/mol. The first-order chi connectivity index (χ1) is 8.93. The van der Waals surface area contributed by atoms with Gasteiger partial charge in [-0.3, -0.25) is 4.79 Å². The molecule has 0 unspecified atom stereocenters. The summed E-state index contributed by atoms with van der Waals surface area (Å²) in [6, 6.07) is 7.00. The van der Waals surface area contributed by atoms with Crippen molar-refractivity contribution in [1.82, 2.24) is 10.2 Å². The summed E-state index contributed by atoms with van der Waals surface area (Å²) < 4.78 is 0. The van der Waals surface area contributed by atoms with E-state index >= 15 is 0 Å². The zero-order valence-corrected chi connectivity index (χ0v) is 10.7. The van der Waals surface area contributed by atoms with Crippen molar-refractivity contribution in [2.24, 2.45) is 0 Å². The van der Waals surface area contributed by atoms with Gasteiger partial charge in [-0.1, -0.05) is 12.1 Å². The number of anilines is 1. The lowest BCUT2D eigenvalue weighted by atomic mass is 10.0. The highest BCUT2D eigenvalue weighted by molar-refractivity contribution is 5.80. The molecule has 0 aromatic heterocycles. The highest BCUT2D eigenvalue weighted by atomic mass is 16.4. The maximum atomic E-state index is 11.9. The number of carboxylic acids is 1. The minimum Gasteiger partial charge on any atom is -0.480 e. The Bertz CT molecular complexity index is 512. The van der Waals surface area contributed by atoms with E-state index in [0.717, 1.165) is 23.3 Å². The van der Waals surface area contributed by atoms with E-state index in [1.165, 1.54) is 7.05 Å². The minimum absolute atomic E-state index is 0.321. The predicted octanol–water partition coefficient (Wildman–Crippen LogP) is 0.984. The Labute approximate surface area is 111 Å². The minimum atomic E-state index is -1.04. The molecular formula is C13H17N3O3. The van der Waals surface area contributed by atoms with Gasteiger partial charge in [-0.2, -0.15) is 0 Å². The SMILES string of the molecule is CN(CC(=O)O)C(=O)NC1(c2cccc(N)c2)CC1. The zero-order chi connectivity index (χ0) is 14.0. The molecule has 1 aliphatic rings. The van der Waals surface area contributed by atoms with E-state index in [2.05, 4.69) is 5.32 Å². The van der Waals surface area contributed by atoms with Crippen molar-refractivity contribution in [3.63, 3.8) is 0 Å². The summed E-state index contributed by atoms with van der Waals surface area (Å²) >= 11 is 0. The number of nitrogens with two attached hydrogens (primary N) is 1. The van der Waals surface area contributed by atoms with Gasteiger partial charge in [0.25, 0.3) is 0 Å². The summed E-state index contributed by atoms with van der Waals surface area (Å²) in [6.07, 6.45) is 1.67. The number of carbonyl (C=O) groups is 2. The number of nitrogens with one attached hydrogen (secondary N) is 1. The van der Waals surface area contributed by atoms with Gasteiger partial charge in [-0.15, -0.1) is 0 Å². The Morgan fingerprint density at radius 3 is 2.68 bits per heavy atom. The van der Waals surface area contributed by atoms with Gasteiger partial charge < -0.3 is 21.1 Å². The summed E-state index contributed by atoms with van der Waals surface area (Å²) in [5.41, 5.74) is 6.96. The number of nitrogens with zero attached hydrogens (tertiary/aromatic N) is 1. The number of urea groups is 1. The van der Waals surface area contributed by atoms with E-state index in [4.69, 9.17) is 10.8 Å². The third kappa shape index (κ3) is 2.96. The molecule has 0 aliphatic heterocycles. The van der Waals surface area contributed by atoms with Gasteiger partial charge in [-0.25, -0.2) is 4.79 Å². The molecule has 2 amide bonds. The van der Waals surface area contributed by atoms with Crippen molar-refractivity contribution in [3.05, 3.63) is 29.8 Å². The Morgan fingerprint density at radius 2 is 2.16 bits per heavy atom. The molecule has 1 saturated carbocycles. The van der Waals surface area contributed by atoms with E-state index in [1.807, 2.05) is 18.2 Å². The van der Waals surface area contributed by atoms with Gasteiger partial charge in [0.2, 0.25) is 0 Å². The lowest BCUT2D eigenvalue weighted by molar-refractivity contribution is -0.137. The van der Waals surface area contributed by atoms with Crippen molar-refractivity contribution >= 4 is 17.7 Å². The molecule has 6 heteroatoms. The molecule has 19 heavy (non-hydrogen) atoms. The van der Waals surface area contributed by atoms with Gasteiger partial charge in [0.1, 0.15) is 6.54 Å². The van der Waals surface area contributed by atoms with Crippen molar-refractivity contribution in [1.29, 1.82) is 0 Å². The molecule has 0 saturated heterocycles. The molecule has 1 fully saturated rings. The van der Waals surface area contributed by atoms with Crippen LogP contribution in [0.3, 0.4) is 0 Å². The van der Waals surface area contributed by atoms with Crippen molar-refractivity contribution in [3.8, 4) is 0 Å². The topological polar surface area (TPSA) is 95.7 Å². The molecule has 0 heterocycles. The molecule has 0 atom stereocenters. The number of amides is 2. The first-order valence-electron chi connectivity index (χ1n) is 6.04. The monoisotopic (exact) mass is 263 g/mol. The van der Waals surface area contributed by atoms with E-state index in [0.29, 0.717) is 5.69 Å².